The van der Waals surface area contributed by atoms with E-state index in [1.807, 2.05) is 0 Å². The van der Waals surface area contributed by atoms with E-state index in [0.29, 0.717) is 27.1 Å². The van der Waals surface area contributed by atoms with Crippen LogP contribution >= 0.6 is 39.1 Å². The molecule has 0 N–H and O–H groups in total. The number of rotatable bonds is 3. The summed E-state index contributed by atoms with van der Waals surface area (Å²) in [5.74, 6) is 1.07. The Morgan fingerprint density at radius 1 is 1.06 bits per heavy atom. The molecule has 0 amide bonds. The lowest BCUT2D eigenvalue weighted by Gasteiger charge is -2.09. The van der Waals surface area contributed by atoms with Crippen molar-refractivity contribution in [1.29, 1.82) is 0 Å². The van der Waals surface area contributed by atoms with E-state index in [4.69, 9.17) is 27.9 Å². The lowest BCUT2D eigenvalue weighted by atomic mass is 10.2. The Labute approximate surface area is 123 Å². The lowest BCUT2D eigenvalue weighted by Crippen LogP contribution is -1.88. The molecule has 0 aromatic heterocycles. The topological polar surface area (TPSA) is 26.3 Å². The van der Waals surface area contributed by atoms with Crippen LogP contribution in [0.1, 0.15) is 10.4 Å². The van der Waals surface area contributed by atoms with E-state index >= 15 is 0 Å². The van der Waals surface area contributed by atoms with Gasteiger partial charge in [-0.05, 0) is 52.3 Å². The molecule has 5 heteroatoms. The Kier molecular flexibility index (Phi) is 4.27. The Morgan fingerprint density at radius 2 is 1.78 bits per heavy atom. The summed E-state index contributed by atoms with van der Waals surface area (Å²) in [5, 5.41) is 0.984. The molecule has 0 aliphatic carbocycles. The van der Waals surface area contributed by atoms with E-state index in [1.54, 1.807) is 36.4 Å². The van der Waals surface area contributed by atoms with Gasteiger partial charge in [-0.2, -0.15) is 0 Å². The molecule has 0 bridgehead atoms. The molecule has 0 fully saturated rings. The van der Waals surface area contributed by atoms with E-state index < -0.39 is 0 Å². The second-order valence-electron chi connectivity index (χ2n) is 3.48. The zero-order valence-electron chi connectivity index (χ0n) is 8.99. The van der Waals surface area contributed by atoms with Crippen molar-refractivity contribution < 1.29 is 9.53 Å². The van der Waals surface area contributed by atoms with Gasteiger partial charge in [0.15, 0.2) is 0 Å². The number of hydrogen-bond donors (Lipinski definition) is 0. The van der Waals surface area contributed by atoms with Gasteiger partial charge in [0.2, 0.25) is 0 Å². The van der Waals surface area contributed by atoms with Crippen molar-refractivity contribution >= 4 is 45.4 Å². The Hall–Kier alpha value is -1.03. The largest absolute Gasteiger partial charge is 0.455 e. The van der Waals surface area contributed by atoms with Crippen LogP contribution in [0.25, 0.3) is 0 Å². The van der Waals surface area contributed by atoms with Crippen LogP contribution in [0.5, 0.6) is 11.5 Å². The number of carbonyl (C=O) groups is 1. The maximum atomic E-state index is 10.6. The van der Waals surface area contributed by atoms with Gasteiger partial charge < -0.3 is 4.74 Å². The van der Waals surface area contributed by atoms with Crippen LogP contribution in [0.3, 0.4) is 0 Å². The average Bonchev–Trinajstić information content (AvgIpc) is 2.34. The van der Waals surface area contributed by atoms with Gasteiger partial charge in [0, 0.05) is 10.6 Å². The fourth-order valence-corrected chi connectivity index (χ4v) is 2.34. The number of halogens is 3. The molecule has 18 heavy (non-hydrogen) atoms. The van der Waals surface area contributed by atoms with Gasteiger partial charge in [0.25, 0.3) is 0 Å². The molecule has 0 heterocycles. The van der Waals surface area contributed by atoms with Crippen molar-refractivity contribution in [3.8, 4) is 11.5 Å². The minimum Gasteiger partial charge on any atom is -0.455 e. The standard InChI is InChI=1S/C13H7BrCl2O2/c14-10-6-9(15)2-4-12(10)18-13-3-1-8(7-17)5-11(13)16/h1-7H. The summed E-state index contributed by atoms with van der Waals surface area (Å²) in [6, 6.07) is 10.0. The summed E-state index contributed by atoms with van der Waals surface area (Å²) >= 11 is 15.2. The molecule has 0 spiro atoms. The predicted octanol–water partition coefficient (Wildman–Crippen LogP) is 5.36. The number of hydrogen-bond acceptors (Lipinski definition) is 2. The first-order valence-corrected chi connectivity index (χ1v) is 6.52. The molecule has 2 nitrogen and oxygen atoms in total. The summed E-state index contributed by atoms with van der Waals surface area (Å²) in [5.41, 5.74) is 0.502. The first-order valence-electron chi connectivity index (χ1n) is 4.98. The highest BCUT2D eigenvalue weighted by Gasteiger charge is 2.07. The highest BCUT2D eigenvalue weighted by atomic mass is 79.9. The molecule has 2 rings (SSSR count). The van der Waals surface area contributed by atoms with Gasteiger partial charge >= 0.3 is 0 Å². The van der Waals surface area contributed by atoms with Gasteiger partial charge in [0.1, 0.15) is 17.8 Å². The van der Waals surface area contributed by atoms with Crippen molar-refractivity contribution in [2.24, 2.45) is 0 Å². The van der Waals surface area contributed by atoms with Gasteiger partial charge in [-0.25, -0.2) is 0 Å². The lowest BCUT2D eigenvalue weighted by molar-refractivity contribution is 0.112. The van der Waals surface area contributed by atoms with Crippen LogP contribution in [0.4, 0.5) is 0 Å². The number of benzene rings is 2. The minimum absolute atomic E-state index is 0.376. The Morgan fingerprint density at radius 3 is 2.39 bits per heavy atom. The molecule has 2 aromatic rings. The van der Waals surface area contributed by atoms with Crippen molar-refractivity contribution in [1.82, 2.24) is 0 Å². The molecular weight excluding hydrogens is 339 g/mol. The van der Waals surface area contributed by atoms with Crippen LogP contribution in [-0.2, 0) is 0 Å². The molecule has 0 atom stereocenters. The van der Waals surface area contributed by atoms with Crippen molar-refractivity contribution in [3.05, 3.63) is 56.5 Å². The summed E-state index contributed by atoms with van der Waals surface area (Å²) in [7, 11) is 0. The molecule has 92 valence electrons. The van der Waals surface area contributed by atoms with Gasteiger partial charge in [-0.15, -0.1) is 0 Å². The third-order valence-electron chi connectivity index (χ3n) is 2.21. The summed E-state index contributed by atoms with van der Waals surface area (Å²) in [6.45, 7) is 0. The molecule has 0 aliphatic heterocycles. The molecule has 0 saturated carbocycles. The zero-order valence-corrected chi connectivity index (χ0v) is 12.1. The van der Waals surface area contributed by atoms with Crippen molar-refractivity contribution in [2.75, 3.05) is 0 Å². The van der Waals surface area contributed by atoms with E-state index in [2.05, 4.69) is 15.9 Å². The smallest absolute Gasteiger partial charge is 0.150 e. The van der Waals surface area contributed by atoms with Gasteiger partial charge in [-0.1, -0.05) is 23.2 Å². The Bertz CT molecular complexity index is 600. The average molecular weight is 346 g/mol. The number of carbonyl (C=O) groups excluding carboxylic acids is 1. The fraction of sp³-hybridized carbons (Fsp3) is 0. The summed E-state index contributed by atoms with van der Waals surface area (Å²) in [4.78, 5) is 10.6. The normalized spacial score (nSPS) is 10.2. The van der Waals surface area contributed by atoms with Crippen LogP contribution < -0.4 is 4.74 Å². The van der Waals surface area contributed by atoms with Crippen molar-refractivity contribution in [2.45, 2.75) is 0 Å². The monoisotopic (exact) mass is 344 g/mol. The van der Waals surface area contributed by atoms with Crippen molar-refractivity contribution in [3.63, 3.8) is 0 Å². The summed E-state index contributed by atoms with van der Waals surface area (Å²) < 4.78 is 6.37. The van der Waals surface area contributed by atoms with E-state index in [9.17, 15) is 4.79 Å². The first kappa shape index (κ1) is 13.4. The van der Waals surface area contributed by atoms with Gasteiger partial charge in [-0.3, -0.25) is 4.79 Å². The van der Waals surface area contributed by atoms with Gasteiger partial charge in [0.05, 0.1) is 9.50 Å². The SMILES string of the molecule is O=Cc1ccc(Oc2ccc(Cl)cc2Br)c(Cl)c1. The number of ether oxygens (including phenoxy) is 1. The third-order valence-corrected chi connectivity index (χ3v) is 3.36. The molecule has 0 aliphatic rings. The van der Waals surface area contributed by atoms with Crippen LogP contribution in [-0.4, -0.2) is 6.29 Å². The molecular formula is C13H7BrCl2O2. The molecule has 0 radical (unpaired) electrons. The minimum atomic E-state index is 0.376. The second-order valence-corrected chi connectivity index (χ2v) is 5.18. The van der Waals surface area contributed by atoms with E-state index in [1.165, 1.54) is 0 Å². The summed E-state index contributed by atoms with van der Waals surface area (Å²) in [6.07, 6.45) is 0.730. The number of aldehydes is 1. The molecule has 2 aromatic carbocycles. The van der Waals surface area contributed by atoms with E-state index in [0.717, 1.165) is 10.8 Å². The first-order chi connectivity index (χ1) is 8.60. The zero-order chi connectivity index (χ0) is 13.1. The van der Waals surface area contributed by atoms with Crippen LogP contribution in [0.15, 0.2) is 40.9 Å². The predicted molar refractivity (Wildman–Crippen MR) is 76.1 cm³/mol. The van der Waals surface area contributed by atoms with Crippen LogP contribution in [0, 0.1) is 0 Å². The maximum absolute atomic E-state index is 10.6. The molecule has 0 saturated heterocycles. The molecule has 0 unspecified atom stereocenters. The van der Waals surface area contributed by atoms with Crippen LogP contribution in [0.2, 0.25) is 10.0 Å². The quantitative estimate of drug-likeness (QED) is 0.700. The van der Waals surface area contributed by atoms with E-state index in [-0.39, 0.29) is 0 Å². The Balaban J connectivity index is 2.31. The second kappa shape index (κ2) is 5.74. The fourth-order valence-electron chi connectivity index (χ4n) is 1.35. The third kappa shape index (κ3) is 3.05. The highest BCUT2D eigenvalue weighted by molar-refractivity contribution is 9.10. The maximum Gasteiger partial charge on any atom is 0.150 e. The highest BCUT2D eigenvalue weighted by Crippen LogP contribution is 2.35.